The van der Waals surface area contributed by atoms with Crippen molar-refractivity contribution in [3.05, 3.63) is 35.7 Å². The lowest BCUT2D eigenvalue weighted by molar-refractivity contribution is -0.137. The maximum Gasteiger partial charge on any atom is 0.303 e. The highest BCUT2D eigenvalue weighted by molar-refractivity contribution is 5.67. The number of hydrogen-bond acceptors (Lipinski definition) is 3. The van der Waals surface area contributed by atoms with E-state index < -0.39 is 5.97 Å². The van der Waals surface area contributed by atoms with E-state index in [-0.39, 0.29) is 6.42 Å². The second-order valence-corrected chi connectivity index (χ2v) is 4.26. The van der Waals surface area contributed by atoms with Gasteiger partial charge in [0.1, 0.15) is 5.82 Å². The van der Waals surface area contributed by atoms with E-state index in [9.17, 15) is 4.79 Å². The summed E-state index contributed by atoms with van der Waals surface area (Å²) in [5, 5.41) is 16.8. The number of nitrogens with zero attached hydrogens (tertiary/aromatic N) is 3. The Morgan fingerprint density at radius 2 is 2.17 bits per heavy atom. The van der Waals surface area contributed by atoms with Gasteiger partial charge < -0.3 is 9.67 Å². The zero-order chi connectivity index (χ0) is 13.1. The Morgan fingerprint density at radius 3 is 2.83 bits per heavy atom. The number of aromatic nitrogens is 3. The number of hydrogen-bond donors (Lipinski definition) is 1. The van der Waals surface area contributed by atoms with Gasteiger partial charge in [0.05, 0.1) is 6.42 Å². The lowest BCUT2D eigenvalue weighted by Gasteiger charge is -2.04. The zero-order valence-corrected chi connectivity index (χ0v) is 10.4. The van der Waals surface area contributed by atoms with Crippen LogP contribution in [0.15, 0.2) is 24.3 Å². The standard InChI is InChI=1S/C13H15N3O2/c1-9-4-3-5-10(8-9)13-15-14-11(16(13)2)6-7-12(17)18/h3-5,8H,6-7H2,1-2H3,(H,17,18). The first-order chi connectivity index (χ1) is 8.58. The minimum absolute atomic E-state index is 0.0692. The first-order valence-corrected chi connectivity index (χ1v) is 5.75. The normalized spacial score (nSPS) is 10.6. The number of carboxylic acid groups (broad SMARTS) is 1. The quantitative estimate of drug-likeness (QED) is 0.892. The van der Waals surface area contributed by atoms with Gasteiger partial charge >= 0.3 is 5.97 Å². The van der Waals surface area contributed by atoms with Crippen molar-refractivity contribution in [2.75, 3.05) is 0 Å². The third-order valence-electron chi connectivity index (χ3n) is 2.80. The molecule has 0 aliphatic rings. The van der Waals surface area contributed by atoms with Gasteiger partial charge in [0.2, 0.25) is 0 Å². The summed E-state index contributed by atoms with van der Waals surface area (Å²) in [7, 11) is 1.86. The van der Waals surface area contributed by atoms with Crippen molar-refractivity contribution in [2.45, 2.75) is 19.8 Å². The Bertz CT molecular complexity index is 575. The summed E-state index contributed by atoms with van der Waals surface area (Å²) in [6.07, 6.45) is 0.463. The van der Waals surface area contributed by atoms with E-state index >= 15 is 0 Å². The van der Waals surface area contributed by atoms with Gasteiger partial charge in [0.15, 0.2) is 5.82 Å². The Labute approximate surface area is 105 Å². The zero-order valence-electron chi connectivity index (χ0n) is 10.4. The first kappa shape index (κ1) is 12.3. The Hall–Kier alpha value is -2.17. The van der Waals surface area contributed by atoms with Crippen LogP contribution in [-0.4, -0.2) is 25.8 Å². The molecular formula is C13H15N3O2. The predicted molar refractivity (Wildman–Crippen MR) is 67.1 cm³/mol. The molecule has 94 valence electrons. The van der Waals surface area contributed by atoms with E-state index in [2.05, 4.69) is 10.2 Å². The summed E-state index contributed by atoms with van der Waals surface area (Å²) >= 11 is 0. The van der Waals surface area contributed by atoms with Crippen molar-refractivity contribution in [3.8, 4) is 11.4 Å². The first-order valence-electron chi connectivity index (χ1n) is 5.75. The van der Waals surface area contributed by atoms with Gasteiger partial charge in [0, 0.05) is 19.0 Å². The van der Waals surface area contributed by atoms with Crippen LogP contribution < -0.4 is 0 Å². The molecule has 1 aromatic carbocycles. The fourth-order valence-electron chi connectivity index (χ4n) is 1.83. The molecule has 0 amide bonds. The predicted octanol–water partition coefficient (Wildman–Crippen LogP) is 1.81. The van der Waals surface area contributed by atoms with Crippen molar-refractivity contribution in [3.63, 3.8) is 0 Å². The summed E-state index contributed by atoms with van der Waals surface area (Å²) in [6, 6.07) is 7.99. The molecule has 5 heteroatoms. The summed E-state index contributed by atoms with van der Waals surface area (Å²) < 4.78 is 1.84. The van der Waals surface area contributed by atoms with Crippen LogP contribution in [0.4, 0.5) is 0 Å². The van der Waals surface area contributed by atoms with E-state index in [0.29, 0.717) is 12.2 Å². The molecule has 0 aliphatic carbocycles. The average Bonchev–Trinajstić information content (AvgIpc) is 2.68. The van der Waals surface area contributed by atoms with Crippen LogP contribution in [0.2, 0.25) is 0 Å². The molecule has 2 aromatic rings. The number of rotatable bonds is 4. The topological polar surface area (TPSA) is 68.0 Å². The molecule has 0 aliphatic heterocycles. The molecule has 1 heterocycles. The molecule has 0 saturated carbocycles. The van der Waals surface area contributed by atoms with Crippen LogP contribution >= 0.6 is 0 Å². The van der Waals surface area contributed by atoms with Gasteiger partial charge in [-0.3, -0.25) is 4.79 Å². The molecule has 0 spiro atoms. The van der Waals surface area contributed by atoms with Gasteiger partial charge in [-0.15, -0.1) is 10.2 Å². The molecule has 0 bridgehead atoms. The number of benzene rings is 1. The van der Waals surface area contributed by atoms with Gasteiger partial charge in [-0.25, -0.2) is 0 Å². The number of aliphatic carboxylic acids is 1. The number of aryl methyl sites for hydroxylation is 2. The van der Waals surface area contributed by atoms with Crippen molar-refractivity contribution in [1.82, 2.24) is 14.8 Å². The van der Waals surface area contributed by atoms with Gasteiger partial charge in [-0.2, -0.15) is 0 Å². The molecule has 0 saturated heterocycles. The summed E-state index contributed by atoms with van der Waals surface area (Å²) in [4.78, 5) is 10.5. The highest BCUT2D eigenvalue weighted by Gasteiger charge is 2.11. The maximum atomic E-state index is 10.5. The molecule has 0 fully saturated rings. The Kier molecular flexibility index (Phi) is 3.41. The molecule has 0 atom stereocenters. The van der Waals surface area contributed by atoms with Gasteiger partial charge in [-0.05, 0) is 13.0 Å². The third-order valence-corrected chi connectivity index (χ3v) is 2.80. The van der Waals surface area contributed by atoms with Gasteiger partial charge in [0.25, 0.3) is 0 Å². The largest absolute Gasteiger partial charge is 0.481 e. The van der Waals surface area contributed by atoms with Crippen LogP contribution in [0, 0.1) is 6.92 Å². The van der Waals surface area contributed by atoms with Crippen molar-refractivity contribution >= 4 is 5.97 Å². The lowest BCUT2D eigenvalue weighted by Crippen LogP contribution is -2.04. The summed E-state index contributed by atoms with van der Waals surface area (Å²) in [6.45, 7) is 2.02. The number of carboxylic acids is 1. The number of carbonyl (C=O) groups is 1. The molecule has 5 nitrogen and oxygen atoms in total. The molecule has 1 aromatic heterocycles. The van der Waals surface area contributed by atoms with E-state index in [1.165, 1.54) is 0 Å². The Balaban J connectivity index is 2.28. The van der Waals surface area contributed by atoms with E-state index in [1.54, 1.807) is 0 Å². The van der Waals surface area contributed by atoms with Crippen molar-refractivity contribution in [2.24, 2.45) is 7.05 Å². The molecule has 2 rings (SSSR count). The highest BCUT2D eigenvalue weighted by atomic mass is 16.4. The van der Waals surface area contributed by atoms with Crippen molar-refractivity contribution in [1.29, 1.82) is 0 Å². The van der Waals surface area contributed by atoms with Crippen LogP contribution in [0.5, 0.6) is 0 Å². The van der Waals surface area contributed by atoms with Crippen LogP contribution in [0.25, 0.3) is 11.4 Å². The fourth-order valence-corrected chi connectivity index (χ4v) is 1.83. The minimum atomic E-state index is -0.824. The monoisotopic (exact) mass is 245 g/mol. The summed E-state index contributed by atoms with van der Waals surface area (Å²) in [5.74, 6) is 0.628. The molecular weight excluding hydrogens is 230 g/mol. The highest BCUT2D eigenvalue weighted by Crippen LogP contribution is 2.18. The minimum Gasteiger partial charge on any atom is -0.481 e. The van der Waals surface area contributed by atoms with E-state index in [0.717, 1.165) is 17.0 Å². The molecule has 0 radical (unpaired) electrons. The third kappa shape index (κ3) is 2.56. The molecule has 18 heavy (non-hydrogen) atoms. The van der Waals surface area contributed by atoms with E-state index in [1.807, 2.05) is 42.8 Å². The average molecular weight is 245 g/mol. The molecule has 1 N–H and O–H groups in total. The van der Waals surface area contributed by atoms with Crippen LogP contribution in [0.1, 0.15) is 17.8 Å². The molecule has 0 unspecified atom stereocenters. The fraction of sp³-hybridized carbons (Fsp3) is 0.308. The lowest BCUT2D eigenvalue weighted by atomic mass is 10.1. The van der Waals surface area contributed by atoms with Crippen LogP contribution in [0.3, 0.4) is 0 Å². The maximum absolute atomic E-state index is 10.5. The second kappa shape index (κ2) is 5.00. The second-order valence-electron chi connectivity index (χ2n) is 4.26. The van der Waals surface area contributed by atoms with Crippen LogP contribution in [-0.2, 0) is 18.3 Å². The van der Waals surface area contributed by atoms with Gasteiger partial charge in [-0.1, -0.05) is 23.8 Å². The van der Waals surface area contributed by atoms with E-state index in [4.69, 9.17) is 5.11 Å². The van der Waals surface area contributed by atoms with Crippen molar-refractivity contribution < 1.29 is 9.90 Å². The summed E-state index contributed by atoms with van der Waals surface area (Å²) in [5.41, 5.74) is 2.15. The Morgan fingerprint density at radius 1 is 1.39 bits per heavy atom. The smallest absolute Gasteiger partial charge is 0.303 e. The SMILES string of the molecule is Cc1cccc(-c2nnc(CCC(=O)O)n2C)c1.